The van der Waals surface area contributed by atoms with Gasteiger partial charge in [-0.2, -0.15) is 0 Å². The van der Waals surface area contributed by atoms with Gasteiger partial charge in [-0.3, -0.25) is 9.59 Å². The zero-order chi connectivity index (χ0) is 18.5. The Kier molecular flexibility index (Phi) is 6.48. The van der Waals surface area contributed by atoms with Gasteiger partial charge in [0.25, 0.3) is 5.91 Å². The Hall–Kier alpha value is -1.66. The molecule has 0 fully saturated rings. The average Bonchev–Trinajstić information content (AvgIpc) is 3.25. The molecule has 0 spiro atoms. The highest BCUT2D eigenvalue weighted by Crippen LogP contribution is 2.38. The largest absolute Gasteiger partial charge is 0.347 e. The van der Waals surface area contributed by atoms with Crippen LogP contribution in [0.3, 0.4) is 0 Å². The van der Waals surface area contributed by atoms with Gasteiger partial charge in [0.15, 0.2) is 0 Å². The summed E-state index contributed by atoms with van der Waals surface area (Å²) in [5.41, 5.74) is 1.84. The first-order valence-electron chi connectivity index (χ1n) is 9.29. The van der Waals surface area contributed by atoms with Gasteiger partial charge in [0.05, 0.1) is 12.1 Å². The van der Waals surface area contributed by atoms with Gasteiger partial charge in [-0.1, -0.05) is 19.9 Å². The van der Waals surface area contributed by atoms with E-state index in [0.717, 1.165) is 47.5 Å². The molecule has 0 saturated carbocycles. The molecule has 2 aromatic rings. The number of thiophene rings is 2. The van der Waals surface area contributed by atoms with E-state index in [9.17, 15) is 9.59 Å². The Morgan fingerprint density at radius 2 is 2.04 bits per heavy atom. The van der Waals surface area contributed by atoms with Gasteiger partial charge in [-0.25, -0.2) is 0 Å². The highest BCUT2D eigenvalue weighted by molar-refractivity contribution is 7.17. The third kappa shape index (κ3) is 4.74. The van der Waals surface area contributed by atoms with E-state index in [1.807, 2.05) is 17.5 Å². The maximum atomic E-state index is 12.9. The number of aryl methyl sites for hydroxylation is 1. The van der Waals surface area contributed by atoms with Crippen molar-refractivity contribution in [3.05, 3.63) is 38.4 Å². The van der Waals surface area contributed by atoms with Crippen LogP contribution >= 0.6 is 22.7 Å². The van der Waals surface area contributed by atoms with Crippen molar-refractivity contribution >= 4 is 39.5 Å². The van der Waals surface area contributed by atoms with E-state index in [1.54, 1.807) is 22.7 Å². The van der Waals surface area contributed by atoms with E-state index in [0.29, 0.717) is 24.4 Å². The molecule has 1 aliphatic rings. The summed E-state index contributed by atoms with van der Waals surface area (Å²) < 4.78 is 0. The summed E-state index contributed by atoms with van der Waals surface area (Å²) in [6.45, 7) is 4.75. The normalized spacial score (nSPS) is 13.5. The van der Waals surface area contributed by atoms with Crippen LogP contribution in [0.4, 0.5) is 5.00 Å². The molecule has 0 unspecified atom stereocenters. The highest BCUT2D eigenvalue weighted by Gasteiger charge is 2.26. The lowest BCUT2D eigenvalue weighted by Crippen LogP contribution is -2.25. The van der Waals surface area contributed by atoms with Crippen molar-refractivity contribution in [2.75, 3.05) is 5.32 Å². The van der Waals surface area contributed by atoms with Gasteiger partial charge < -0.3 is 10.6 Å². The Balaban J connectivity index is 1.76. The van der Waals surface area contributed by atoms with Crippen LogP contribution in [0, 0.1) is 5.92 Å². The molecule has 2 N–H and O–H groups in total. The zero-order valence-corrected chi connectivity index (χ0v) is 17.0. The molecule has 0 atom stereocenters. The number of rotatable bonds is 7. The fourth-order valence-corrected chi connectivity index (χ4v) is 5.12. The maximum Gasteiger partial charge on any atom is 0.254 e. The standard InChI is InChI=1S/C20H26N2O2S2/c1-13(2)9-10-17(23)22-20-18(15-7-3-4-8-16(15)26-20)19(24)21-12-14-6-5-11-25-14/h5-6,11,13H,3-4,7-10,12H2,1-2H3,(H,21,24)(H,22,23). The van der Waals surface area contributed by atoms with Gasteiger partial charge >= 0.3 is 0 Å². The second kappa shape index (κ2) is 8.82. The molecule has 2 heterocycles. The van der Waals surface area contributed by atoms with Crippen LogP contribution in [0.15, 0.2) is 17.5 Å². The number of hydrogen-bond acceptors (Lipinski definition) is 4. The lowest BCUT2D eigenvalue weighted by atomic mass is 9.95. The monoisotopic (exact) mass is 390 g/mol. The number of nitrogens with one attached hydrogen (secondary N) is 2. The van der Waals surface area contributed by atoms with E-state index in [1.165, 1.54) is 4.88 Å². The molecule has 0 radical (unpaired) electrons. The minimum absolute atomic E-state index is 0.00426. The second-order valence-electron chi connectivity index (χ2n) is 7.16. The van der Waals surface area contributed by atoms with E-state index < -0.39 is 0 Å². The molecule has 6 heteroatoms. The topological polar surface area (TPSA) is 58.2 Å². The highest BCUT2D eigenvalue weighted by atomic mass is 32.1. The van der Waals surface area contributed by atoms with Crippen LogP contribution in [0.25, 0.3) is 0 Å². The van der Waals surface area contributed by atoms with Crippen molar-refractivity contribution in [2.24, 2.45) is 5.92 Å². The van der Waals surface area contributed by atoms with Gasteiger partial charge in [0, 0.05) is 16.2 Å². The number of amides is 2. The SMILES string of the molecule is CC(C)CCC(=O)Nc1sc2c(c1C(=O)NCc1cccs1)CCCC2. The van der Waals surface area contributed by atoms with E-state index in [2.05, 4.69) is 24.5 Å². The summed E-state index contributed by atoms with van der Waals surface area (Å²) in [6, 6.07) is 4.00. The molecule has 0 saturated heterocycles. The predicted molar refractivity (Wildman–Crippen MR) is 109 cm³/mol. The van der Waals surface area contributed by atoms with Crippen LogP contribution in [0.2, 0.25) is 0 Å². The molecular weight excluding hydrogens is 364 g/mol. The summed E-state index contributed by atoms with van der Waals surface area (Å²) >= 11 is 3.22. The average molecular weight is 391 g/mol. The summed E-state index contributed by atoms with van der Waals surface area (Å²) in [4.78, 5) is 27.6. The van der Waals surface area contributed by atoms with Gasteiger partial charge in [-0.05, 0) is 55.0 Å². The lowest BCUT2D eigenvalue weighted by Gasteiger charge is -2.13. The third-order valence-electron chi connectivity index (χ3n) is 4.60. The minimum Gasteiger partial charge on any atom is -0.347 e. The molecule has 26 heavy (non-hydrogen) atoms. The number of fused-ring (bicyclic) bond motifs is 1. The number of hydrogen-bond donors (Lipinski definition) is 2. The van der Waals surface area contributed by atoms with Crippen LogP contribution in [0.1, 0.15) is 65.2 Å². The molecule has 4 nitrogen and oxygen atoms in total. The molecule has 3 rings (SSSR count). The van der Waals surface area contributed by atoms with Crippen molar-refractivity contribution < 1.29 is 9.59 Å². The van der Waals surface area contributed by atoms with E-state index in [4.69, 9.17) is 0 Å². The van der Waals surface area contributed by atoms with Gasteiger partial charge in [-0.15, -0.1) is 22.7 Å². The fraction of sp³-hybridized carbons (Fsp3) is 0.500. The number of anilines is 1. The van der Waals surface area contributed by atoms with Gasteiger partial charge in [0.1, 0.15) is 5.00 Å². The smallest absolute Gasteiger partial charge is 0.254 e. The van der Waals surface area contributed by atoms with Crippen LogP contribution < -0.4 is 10.6 Å². The molecule has 2 aromatic heterocycles. The van der Waals surface area contributed by atoms with Crippen LogP contribution in [-0.4, -0.2) is 11.8 Å². The third-order valence-corrected chi connectivity index (χ3v) is 6.69. The van der Waals surface area contributed by atoms with Crippen molar-refractivity contribution in [2.45, 2.75) is 58.9 Å². The van der Waals surface area contributed by atoms with E-state index >= 15 is 0 Å². The first-order chi connectivity index (χ1) is 12.5. The van der Waals surface area contributed by atoms with Crippen LogP contribution in [0.5, 0.6) is 0 Å². The molecule has 1 aliphatic carbocycles. The van der Waals surface area contributed by atoms with Gasteiger partial charge in [0.2, 0.25) is 5.91 Å². The summed E-state index contributed by atoms with van der Waals surface area (Å²) in [7, 11) is 0. The number of carbonyl (C=O) groups is 2. The van der Waals surface area contributed by atoms with Crippen molar-refractivity contribution in [3.8, 4) is 0 Å². The number of carbonyl (C=O) groups excluding carboxylic acids is 2. The first kappa shape index (κ1) is 19.1. The molecule has 0 aliphatic heterocycles. The molecule has 140 valence electrons. The minimum atomic E-state index is -0.0723. The first-order valence-corrected chi connectivity index (χ1v) is 11.0. The zero-order valence-electron chi connectivity index (χ0n) is 15.4. The van der Waals surface area contributed by atoms with Crippen molar-refractivity contribution in [1.82, 2.24) is 5.32 Å². The van der Waals surface area contributed by atoms with E-state index in [-0.39, 0.29) is 11.8 Å². The summed E-state index contributed by atoms with van der Waals surface area (Å²) in [5, 5.41) is 8.79. The maximum absolute atomic E-state index is 12.9. The molecule has 0 bridgehead atoms. The predicted octanol–water partition coefficient (Wildman–Crippen LogP) is 4.99. The Bertz CT molecular complexity index is 763. The molecular formula is C20H26N2O2S2. The Morgan fingerprint density at radius 1 is 1.23 bits per heavy atom. The second-order valence-corrected chi connectivity index (χ2v) is 9.30. The molecule has 0 aromatic carbocycles. The van der Waals surface area contributed by atoms with Crippen LogP contribution in [-0.2, 0) is 24.2 Å². The quantitative estimate of drug-likeness (QED) is 0.699. The molecule has 2 amide bonds. The lowest BCUT2D eigenvalue weighted by molar-refractivity contribution is -0.116. The van der Waals surface area contributed by atoms with Crippen molar-refractivity contribution in [3.63, 3.8) is 0 Å². The summed E-state index contributed by atoms with van der Waals surface area (Å²) in [6.07, 6.45) is 5.55. The fourth-order valence-electron chi connectivity index (χ4n) is 3.17. The van der Waals surface area contributed by atoms with Crippen molar-refractivity contribution in [1.29, 1.82) is 0 Å². The Labute approximate surface area is 163 Å². The Morgan fingerprint density at radius 3 is 2.77 bits per heavy atom. The summed E-state index contributed by atoms with van der Waals surface area (Å²) in [5.74, 6) is 0.424.